The Morgan fingerprint density at radius 1 is 1.10 bits per heavy atom. The van der Waals surface area contributed by atoms with Gasteiger partial charge in [-0.3, -0.25) is 0 Å². The SMILES string of the molecule is CC1OCOC1C1OCOCC1OC(=O)c1ccccc1. The first-order valence-electron chi connectivity index (χ1n) is 6.94. The van der Waals surface area contributed by atoms with Gasteiger partial charge in [0.1, 0.15) is 25.8 Å². The number of ether oxygens (including phenoxy) is 5. The van der Waals surface area contributed by atoms with Crippen LogP contribution in [0.5, 0.6) is 0 Å². The quantitative estimate of drug-likeness (QED) is 0.784. The highest BCUT2D eigenvalue weighted by molar-refractivity contribution is 5.89. The van der Waals surface area contributed by atoms with Crippen LogP contribution in [0.1, 0.15) is 17.3 Å². The molecule has 2 saturated heterocycles. The summed E-state index contributed by atoms with van der Waals surface area (Å²) in [6, 6.07) is 8.84. The van der Waals surface area contributed by atoms with Crippen molar-refractivity contribution in [2.75, 3.05) is 20.2 Å². The molecule has 0 spiro atoms. The first-order valence-corrected chi connectivity index (χ1v) is 6.94. The van der Waals surface area contributed by atoms with E-state index in [1.165, 1.54) is 0 Å². The highest BCUT2D eigenvalue weighted by atomic mass is 16.7. The molecule has 1 aromatic rings. The fourth-order valence-corrected chi connectivity index (χ4v) is 2.50. The van der Waals surface area contributed by atoms with E-state index >= 15 is 0 Å². The summed E-state index contributed by atoms with van der Waals surface area (Å²) in [7, 11) is 0. The molecular formula is C15H18O6. The van der Waals surface area contributed by atoms with E-state index in [-0.39, 0.29) is 38.5 Å². The van der Waals surface area contributed by atoms with Crippen LogP contribution in [0.15, 0.2) is 30.3 Å². The molecule has 0 bridgehead atoms. The Bertz CT molecular complexity index is 476. The van der Waals surface area contributed by atoms with E-state index in [1.54, 1.807) is 24.3 Å². The Labute approximate surface area is 122 Å². The molecule has 21 heavy (non-hydrogen) atoms. The maximum atomic E-state index is 12.1. The molecule has 2 heterocycles. The Balaban J connectivity index is 1.68. The molecule has 0 radical (unpaired) electrons. The summed E-state index contributed by atoms with van der Waals surface area (Å²) >= 11 is 0. The lowest BCUT2D eigenvalue weighted by Gasteiger charge is -2.34. The van der Waals surface area contributed by atoms with E-state index in [0.717, 1.165) is 0 Å². The molecule has 6 heteroatoms. The van der Waals surface area contributed by atoms with Gasteiger partial charge in [-0.15, -0.1) is 0 Å². The fraction of sp³-hybridized carbons (Fsp3) is 0.533. The summed E-state index contributed by atoms with van der Waals surface area (Å²) in [5.74, 6) is -0.397. The average Bonchev–Trinajstić information content (AvgIpc) is 2.95. The van der Waals surface area contributed by atoms with Gasteiger partial charge in [0.25, 0.3) is 0 Å². The third-order valence-corrected chi connectivity index (χ3v) is 3.64. The molecule has 0 amide bonds. The summed E-state index contributed by atoms with van der Waals surface area (Å²) in [6.07, 6.45) is -1.27. The van der Waals surface area contributed by atoms with Gasteiger partial charge >= 0.3 is 5.97 Å². The minimum atomic E-state index is -0.513. The minimum Gasteiger partial charge on any atom is -0.453 e. The molecule has 4 atom stereocenters. The van der Waals surface area contributed by atoms with Gasteiger partial charge in [0.2, 0.25) is 0 Å². The van der Waals surface area contributed by atoms with E-state index in [2.05, 4.69) is 0 Å². The molecule has 0 saturated carbocycles. The van der Waals surface area contributed by atoms with Crippen molar-refractivity contribution in [1.82, 2.24) is 0 Å². The maximum absolute atomic E-state index is 12.1. The smallest absolute Gasteiger partial charge is 0.338 e. The third-order valence-electron chi connectivity index (χ3n) is 3.64. The van der Waals surface area contributed by atoms with E-state index < -0.39 is 12.1 Å². The van der Waals surface area contributed by atoms with Gasteiger partial charge in [-0.05, 0) is 19.1 Å². The molecule has 114 valence electrons. The summed E-state index contributed by atoms with van der Waals surface area (Å²) in [4.78, 5) is 12.1. The minimum absolute atomic E-state index is 0.106. The van der Waals surface area contributed by atoms with Crippen LogP contribution in [0.2, 0.25) is 0 Å². The molecule has 2 aliphatic heterocycles. The van der Waals surface area contributed by atoms with Crippen molar-refractivity contribution in [2.45, 2.75) is 31.3 Å². The monoisotopic (exact) mass is 294 g/mol. The van der Waals surface area contributed by atoms with Gasteiger partial charge in [-0.25, -0.2) is 4.79 Å². The largest absolute Gasteiger partial charge is 0.453 e. The number of carbonyl (C=O) groups is 1. The second-order valence-corrected chi connectivity index (χ2v) is 5.05. The summed E-state index contributed by atoms with van der Waals surface area (Å²) in [5, 5.41) is 0. The van der Waals surface area contributed by atoms with Crippen LogP contribution in [0.3, 0.4) is 0 Å². The average molecular weight is 294 g/mol. The van der Waals surface area contributed by atoms with Crippen molar-refractivity contribution >= 4 is 5.97 Å². The Morgan fingerprint density at radius 3 is 2.57 bits per heavy atom. The number of rotatable bonds is 3. The lowest BCUT2D eigenvalue weighted by Crippen LogP contribution is -2.51. The molecular weight excluding hydrogens is 276 g/mol. The van der Waals surface area contributed by atoms with Crippen LogP contribution in [-0.4, -0.2) is 50.6 Å². The van der Waals surface area contributed by atoms with Gasteiger partial charge < -0.3 is 23.7 Å². The van der Waals surface area contributed by atoms with Crippen LogP contribution >= 0.6 is 0 Å². The van der Waals surface area contributed by atoms with Crippen LogP contribution in [0, 0.1) is 0 Å². The van der Waals surface area contributed by atoms with Gasteiger partial charge in [-0.2, -0.15) is 0 Å². The molecule has 0 aromatic heterocycles. The molecule has 3 rings (SSSR count). The predicted molar refractivity (Wildman–Crippen MR) is 71.6 cm³/mol. The second-order valence-electron chi connectivity index (χ2n) is 5.05. The van der Waals surface area contributed by atoms with Crippen molar-refractivity contribution in [3.63, 3.8) is 0 Å². The van der Waals surface area contributed by atoms with Crippen LogP contribution < -0.4 is 0 Å². The Hall–Kier alpha value is -1.47. The van der Waals surface area contributed by atoms with E-state index in [9.17, 15) is 4.79 Å². The summed E-state index contributed by atoms with van der Waals surface area (Å²) in [6.45, 7) is 2.59. The van der Waals surface area contributed by atoms with Crippen molar-refractivity contribution in [1.29, 1.82) is 0 Å². The molecule has 4 unspecified atom stereocenters. The number of hydrogen-bond acceptors (Lipinski definition) is 6. The third kappa shape index (κ3) is 3.24. The topological polar surface area (TPSA) is 63.2 Å². The Kier molecular flexibility index (Phi) is 4.50. The zero-order valence-electron chi connectivity index (χ0n) is 11.8. The highest BCUT2D eigenvalue weighted by Gasteiger charge is 2.42. The maximum Gasteiger partial charge on any atom is 0.338 e. The zero-order valence-corrected chi connectivity index (χ0v) is 11.8. The standard InChI is InChI=1S/C15H18O6/c1-10-13(20-9-18-10)14-12(7-17-8-19-14)21-15(16)11-5-3-2-4-6-11/h2-6,10,12-14H,7-9H2,1H3. The van der Waals surface area contributed by atoms with Crippen LogP contribution in [-0.2, 0) is 23.7 Å². The van der Waals surface area contributed by atoms with Gasteiger partial charge in [0.15, 0.2) is 6.10 Å². The first kappa shape index (κ1) is 14.5. The van der Waals surface area contributed by atoms with Gasteiger partial charge in [0.05, 0.1) is 18.3 Å². The number of benzene rings is 1. The number of carbonyl (C=O) groups excluding carboxylic acids is 1. The molecule has 1 aromatic carbocycles. The van der Waals surface area contributed by atoms with Gasteiger partial charge in [-0.1, -0.05) is 18.2 Å². The predicted octanol–water partition coefficient (Wildman–Crippen LogP) is 1.35. The van der Waals surface area contributed by atoms with E-state index in [4.69, 9.17) is 23.7 Å². The Morgan fingerprint density at radius 2 is 1.86 bits per heavy atom. The van der Waals surface area contributed by atoms with Crippen molar-refractivity contribution < 1.29 is 28.5 Å². The first-order chi connectivity index (χ1) is 10.3. The molecule has 6 nitrogen and oxygen atoms in total. The van der Waals surface area contributed by atoms with E-state index in [1.807, 2.05) is 13.0 Å². The van der Waals surface area contributed by atoms with Gasteiger partial charge in [0, 0.05) is 0 Å². The van der Waals surface area contributed by atoms with Crippen LogP contribution in [0.4, 0.5) is 0 Å². The zero-order chi connectivity index (χ0) is 14.7. The molecule has 0 aliphatic carbocycles. The summed E-state index contributed by atoms with van der Waals surface area (Å²) in [5.41, 5.74) is 0.499. The second kappa shape index (κ2) is 6.53. The number of esters is 1. The number of hydrogen-bond donors (Lipinski definition) is 0. The van der Waals surface area contributed by atoms with Crippen molar-refractivity contribution in [3.8, 4) is 0 Å². The summed E-state index contributed by atoms with van der Waals surface area (Å²) < 4.78 is 27.3. The van der Waals surface area contributed by atoms with E-state index in [0.29, 0.717) is 5.56 Å². The van der Waals surface area contributed by atoms with Crippen molar-refractivity contribution in [3.05, 3.63) is 35.9 Å². The normalized spacial score (nSPS) is 32.8. The molecule has 2 fully saturated rings. The highest BCUT2D eigenvalue weighted by Crippen LogP contribution is 2.25. The molecule has 0 N–H and O–H groups in total. The van der Waals surface area contributed by atoms with Crippen molar-refractivity contribution in [2.24, 2.45) is 0 Å². The lowest BCUT2D eigenvalue weighted by molar-refractivity contribution is -0.221. The fourth-order valence-electron chi connectivity index (χ4n) is 2.50. The van der Waals surface area contributed by atoms with Crippen LogP contribution in [0.25, 0.3) is 0 Å². The lowest BCUT2D eigenvalue weighted by atomic mass is 10.0. The molecule has 2 aliphatic rings.